The van der Waals surface area contributed by atoms with Crippen molar-refractivity contribution in [2.45, 2.75) is 53.6 Å². The van der Waals surface area contributed by atoms with Gasteiger partial charge in [-0.05, 0) is 36.8 Å². The van der Waals surface area contributed by atoms with Gasteiger partial charge in [0.25, 0.3) is 0 Å². The van der Waals surface area contributed by atoms with Crippen LogP contribution in [-0.2, 0) is 33.4 Å². The molecule has 7 nitrogen and oxygen atoms in total. The lowest BCUT2D eigenvalue weighted by Gasteiger charge is -2.64. The fourth-order valence-electron chi connectivity index (χ4n) is 6.82. The molecule has 0 aromatic heterocycles. The summed E-state index contributed by atoms with van der Waals surface area (Å²) < 4.78 is 16.5. The largest absolute Gasteiger partial charge is 0.493 e. The third-order valence-corrected chi connectivity index (χ3v) is 8.14. The number of ketones is 2. The summed E-state index contributed by atoms with van der Waals surface area (Å²) in [5.41, 5.74) is -1.25. The number of hydrogen-bond acceptors (Lipinski definition) is 7. The van der Waals surface area contributed by atoms with Gasteiger partial charge >= 0.3 is 11.9 Å². The molecule has 1 heterocycles. The summed E-state index contributed by atoms with van der Waals surface area (Å²) in [5, 5.41) is 0. The Hall–Kier alpha value is -2.44. The summed E-state index contributed by atoms with van der Waals surface area (Å²) in [5.74, 6) is -2.70. The highest BCUT2D eigenvalue weighted by atomic mass is 16.6. The second kappa shape index (κ2) is 6.53. The number of rotatable bonds is 2. The first-order chi connectivity index (χ1) is 14.0. The van der Waals surface area contributed by atoms with Crippen LogP contribution in [0.25, 0.3) is 0 Å². The van der Waals surface area contributed by atoms with E-state index in [9.17, 15) is 19.2 Å². The summed E-state index contributed by atoms with van der Waals surface area (Å²) >= 11 is 0. The third kappa shape index (κ3) is 2.44. The Labute approximate surface area is 175 Å². The zero-order valence-corrected chi connectivity index (χ0v) is 18.2. The molecule has 4 rings (SSSR count). The molecule has 0 bridgehead atoms. The molecule has 3 aliphatic carbocycles. The average Bonchev–Trinajstić information content (AvgIpc) is 2.66. The molecule has 0 aromatic rings. The minimum absolute atomic E-state index is 0.0285. The molecule has 1 aliphatic heterocycles. The predicted octanol–water partition coefficient (Wildman–Crippen LogP) is 2.74. The van der Waals surface area contributed by atoms with Crippen LogP contribution in [-0.4, -0.2) is 36.7 Å². The van der Waals surface area contributed by atoms with E-state index in [4.69, 9.17) is 14.2 Å². The lowest BCUT2D eigenvalue weighted by atomic mass is 9.40. The summed E-state index contributed by atoms with van der Waals surface area (Å²) in [6, 6.07) is 0. The fourth-order valence-corrected chi connectivity index (χ4v) is 6.82. The molecule has 0 spiro atoms. The van der Waals surface area contributed by atoms with Crippen LogP contribution in [0.15, 0.2) is 23.2 Å². The zero-order chi connectivity index (χ0) is 22.2. The van der Waals surface area contributed by atoms with Gasteiger partial charge in [0.05, 0.1) is 13.5 Å². The van der Waals surface area contributed by atoms with Gasteiger partial charge in [-0.2, -0.15) is 0 Å². The standard InChI is InChI=1S/C23H28O7/c1-10-7-15(28-6)21(27)23(5)13(10)8-16-22(4)14(9-17(25)30-16)11(2)19(29-12(3)24)18(26)20(22)23/h7,10,13-14,16,20H,8-9H2,1-6H3/t10-,13+,14+,16-,20+,22-,23+/m1/s1. The maximum Gasteiger partial charge on any atom is 0.308 e. The first kappa shape index (κ1) is 20.8. The Morgan fingerprint density at radius 1 is 1.23 bits per heavy atom. The van der Waals surface area contributed by atoms with E-state index in [1.807, 2.05) is 20.8 Å². The summed E-state index contributed by atoms with van der Waals surface area (Å²) in [7, 11) is 1.45. The van der Waals surface area contributed by atoms with Gasteiger partial charge in [0.1, 0.15) is 6.10 Å². The van der Waals surface area contributed by atoms with Gasteiger partial charge < -0.3 is 14.2 Å². The highest BCUT2D eigenvalue weighted by Crippen LogP contribution is 2.67. The number of allylic oxidation sites excluding steroid dienone is 4. The third-order valence-electron chi connectivity index (χ3n) is 8.14. The van der Waals surface area contributed by atoms with E-state index < -0.39 is 28.8 Å². The lowest BCUT2D eigenvalue weighted by molar-refractivity contribution is -0.217. The molecule has 0 aromatic carbocycles. The Morgan fingerprint density at radius 3 is 2.50 bits per heavy atom. The monoisotopic (exact) mass is 416 g/mol. The van der Waals surface area contributed by atoms with Crippen LogP contribution in [0.5, 0.6) is 0 Å². The molecule has 0 N–H and O–H groups in total. The minimum atomic E-state index is -1.06. The molecular weight excluding hydrogens is 388 g/mol. The maximum absolute atomic E-state index is 13.8. The Kier molecular flexibility index (Phi) is 4.53. The van der Waals surface area contributed by atoms with Crippen LogP contribution in [0.1, 0.15) is 47.5 Å². The van der Waals surface area contributed by atoms with E-state index in [1.54, 1.807) is 13.0 Å². The molecular formula is C23H28O7. The molecule has 0 amide bonds. The van der Waals surface area contributed by atoms with E-state index in [0.29, 0.717) is 12.0 Å². The van der Waals surface area contributed by atoms with Crippen LogP contribution in [0.4, 0.5) is 0 Å². The lowest BCUT2D eigenvalue weighted by Crippen LogP contribution is -2.69. The van der Waals surface area contributed by atoms with Gasteiger partial charge in [-0.25, -0.2) is 0 Å². The Balaban J connectivity index is 1.98. The number of hydrogen-bond donors (Lipinski definition) is 0. The normalized spacial score (nSPS) is 42.7. The SMILES string of the molecule is COC1=C[C@@H](C)[C@@H]2C[C@H]3OC(=O)C[C@H]4C(C)=C(OC(C)=O)C(=O)[C@H]([C@@]2(C)C1=O)[C@@]34C. The van der Waals surface area contributed by atoms with Gasteiger partial charge in [-0.3, -0.25) is 19.2 Å². The Morgan fingerprint density at radius 2 is 1.90 bits per heavy atom. The summed E-state index contributed by atoms with van der Waals surface area (Å²) in [6.45, 7) is 8.73. The van der Waals surface area contributed by atoms with Crippen LogP contribution in [0, 0.1) is 34.5 Å². The number of Topliss-reactive ketones (excluding diaryl/α,β-unsaturated/α-hetero) is 2. The van der Waals surface area contributed by atoms with Crippen molar-refractivity contribution in [2.75, 3.05) is 7.11 Å². The molecule has 4 aliphatic rings. The fraction of sp³-hybridized carbons (Fsp3) is 0.652. The van der Waals surface area contributed by atoms with Crippen LogP contribution < -0.4 is 0 Å². The van der Waals surface area contributed by atoms with E-state index in [0.717, 1.165) is 0 Å². The van der Waals surface area contributed by atoms with E-state index in [-0.39, 0.29) is 53.2 Å². The molecule has 1 saturated carbocycles. The second-order valence-electron chi connectivity index (χ2n) is 9.55. The van der Waals surface area contributed by atoms with Crippen LogP contribution in [0.2, 0.25) is 0 Å². The number of ether oxygens (including phenoxy) is 3. The zero-order valence-electron chi connectivity index (χ0n) is 18.2. The van der Waals surface area contributed by atoms with Gasteiger partial charge in [0.15, 0.2) is 11.5 Å². The van der Waals surface area contributed by atoms with Crippen molar-refractivity contribution >= 4 is 23.5 Å². The van der Waals surface area contributed by atoms with Gasteiger partial charge in [0.2, 0.25) is 11.6 Å². The second-order valence-corrected chi connectivity index (χ2v) is 9.55. The smallest absolute Gasteiger partial charge is 0.308 e. The first-order valence-electron chi connectivity index (χ1n) is 10.4. The van der Waals surface area contributed by atoms with Crippen LogP contribution in [0.3, 0.4) is 0 Å². The molecule has 162 valence electrons. The maximum atomic E-state index is 13.8. The van der Waals surface area contributed by atoms with Crippen molar-refractivity contribution in [2.24, 2.45) is 34.5 Å². The highest BCUT2D eigenvalue weighted by molar-refractivity contribution is 6.08. The van der Waals surface area contributed by atoms with Crippen molar-refractivity contribution in [1.29, 1.82) is 0 Å². The summed E-state index contributed by atoms with van der Waals surface area (Å²) in [6.07, 6.45) is 1.89. The first-order valence-corrected chi connectivity index (χ1v) is 10.4. The molecule has 0 unspecified atom stereocenters. The molecule has 2 fully saturated rings. The quantitative estimate of drug-likeness (QED) is 0.639. The molecule has 0 radical (unpaired) electrons. The van der Waals surface area contributed by atoms with Gasteiger partial charge in [0, 0.05) is 29.6 Å². The van der Waals surface area contributed by atoms with Crippen molar-refractivity contribution < 1.29 is 33.4 Å². The topological polar surface area (TPSA) is 96.0 Å². The van der Waals surface area contributed by atoms with Crippen molar-refractivity contribution in [3.05, 3.63) is 23.2 Å². The number of carbonyl (C=O) groups excluding carboxylic acids is 4. The summed E-state index contributed by atoms with van der Waals surface area (Å²) in [4.78, 5) is 51.7. The Bertz CT molecular complexity index is 928. The predicted molar refractivity (Wildman–Crippen MR) is 105 cm³/mol. The van der Waals surface area contributed by atoms with Crippen molar-refractivity contribution in [3.8, 4) is 0 Å². The number of esters is 2. The van der Waals surface area contributed by atoms with Crippen LogP contribution >= 0.6 is 0 Å². The van der Waals surface area contributed by atoms with Crippen molar-refractivity contribution in [1.82, 2.24) is 0 Å². The number of carbonyl (C=O) groups is 4. The number of methoxy groups -OCH3 is 1. The van der Waals surface area contributed by atoms with E-state index in [2.05, 4.69) is 0 Å². The van der Waals surface area contributed by atoms with E-state index >= 15 is 0 Å². The molecule has 30 heavy (non-hydrogen) atoms. The molecule has 7 atom stereocenters. The van der Waals surface area contributed by atoms with Gasteiger partial charge in [-0.1, -0.05) is 20.8 Å². The van der Waals surface area contributed by atoms with E-state index in [1.165, 1.54) is 14.0 Å². The average molecular weight is 416 g/mol. The molecule has 7 heteroatoms. The molecule has 1 saturated heterocycles. The highest BCUT2D eigenvalue weighted by Gasteiger charge is 2.72. The minimum Gasteiger partial charge on any atom is -0.493 e. The van der Waals surface area contributed by atoms with Crippen molar-refractivity contribution in [3.63, 3.8) is 0 Å². The number of fused-ring (bicyclic) bond motifs is 2. The van der Waals surface area contributed by atoms with Gasteiger partial charge in [-0.15, -0.1) is 0 Å².